The van der Waals surface area contributed by atoms with Crippen molar-refractivity contribution in [2.24, 2.45) is 0 Å². The van der Waals surface area contributed by atoms with E-state index < -0.39 is 10.7 Å². The van der Waals surface area contributed by atoms with Gasteiger partial charge in [-0.15, -0.1) is 0 Å². The summed E-state index contributed by atoms with van der Waals surface area (Å²) in [7, 11) is 0. The second kappa shape index (κ2) is 6.82. The number of carbonyl (C=O) groups is 1. The fourth-order valence-corrected chi connectivity index (χ4v) is 1.95. The zero-order valence-corrected chi connectivity index (χ0v) is 12.5. The topological polar surface area (TPSA) is 38.3 Å². The van der Waals surface area contributed by atoms with Crippen LogP contribution in [0.3, 0.4) is 0 Å². The SMILES string of the molecule is CC(COc1ccc2ccccc2c1)NC(=O)C(Cl)Cl. The molecule has 3 nitrogen and oxygen atoms in total. The Kier molecular flexibility index (Phi) is 5.10. The molecule has 1 N–H and O–H groups in total. The summed E-state index contributed by atoms with van der Waals surface area (Å²) in [5.74, 6) is 0.348. The molecule has 2 rings (SSSR count). The molecule has 0 radical (unpaired) electrons. The van der Waals surface area contributed by atoms with Crippen molar-refractivity contribution in [3.63, 3.8) is 0 Å². The molecule has 5 heteroatoms. The van der Waals surface area contributed by atoms with Gasteiger partial charge >= 0.3 is 0 Å². The monoisotopic (exact) mass is 311 g/mol. The summed E-state index contributed by atoms with van der Waals surface area (Å²) < 4.78 is 5.66. The lowest BCUT2D eigenvalue weighted by atomic mass is 10.1. The maximum atomic E-state index is 11.3. The van der Waals surface area contributed by atoms with Crippen LogP contribution in [0.5, 0.6) is 5.75 Å². The van der Waals surface area contributed by atoms with E-state index in [0.717, 1.165) is 16.5 Å². The number of fused-ring (bicyclic) bond motifs is 1. The van der Waals surface area contributed by atoms with Crippen molar-refractivity contribution in [3.8, 4) is 5.75 Å². The molecule has 0 fully saturated rings. The zero-order valence-electron chi connectivity index (χ0n) is 11.0. The van der Waals surface area contributed by atoms with Gasteiger partial charge in [-0.25, -0.2) is 0 Å². The van der Waals surface area contributed by atoms with Crippen molar-refractivity contribution in [3.05, 3.63) is 42.5 Å². The van der Waals surface area contributed by atoms with Crippen LogP contribution in [0.25, 0.3) is 10.8 Å². The first-order valence-electron chi connectivity index (χ1n) is 6.26. The van der Waals surface area contributed by atoms with Crippen molar-refractivity contribution in [2.45, 2.75) is 17.8 Å². The molecular formula is C15H15Cl2NO2. The van der Waals surface area contributed by atoms with Crippen LogP contribution < -0.4 is 10.1 Å². The Morgan fingerprint density at radius 3 is 2.60 bits per heavy atom. The third kappa shape index (κ3) is 4.02. The molecule has 0 aliphatic carbocycles. The predicted octanol–water partition coefficient (Wildman–Crippen LogP) is 3.53. The third-order valence-electron chi connectivity index (χ3n) is 2.81. The molecule has 1 unspecified atom stereocenters. The minimum Gasteiger partial charge on any atom is -0.491 e. The third-order valence-corrected chi connectivity index (χ3v) is 3.20. The van der Waals surface area contributed by atoms with Crippen molar-refractivity contribution in [1.29, 1.82) is 0 Å². The second-order valence-corrected chi connectivity index (χ2v) is 5.63. The van der Waals surface area contributed by atoms with E-state index in [0.29, 0.717) is 6.61 Å². The number of hydrogen-bond acceptors (Lipinski definition) is 2. The lowest BCUT2D eigenvalue weighted by Crippen LogP contribution is -2.39. The lowest BCUT2D eigenvalue weighted by molar-refractivity contribution is -0.120. The fourth-order valence-electron chi connectivity index (χ4n) is 1.83. The van der Waals surface area contributed by atoms with Crippen LogP contribution in [0.1, 0.15) is 6.92 Å². The highest BCUT2D eigenvalue weighted by Gasteiger charge is 2.14. The molecule has 0 bridgehead atoms. The number of alkyl halides is 2. The van der Waals surface area contributed by atoms with E-state index in [-0.39, 0.29) is 6.04 Å². The molecule has 0 aliphatic heterocycles. The number of amides is 1. The number of benzene rings is 2. The molecule has 0 spiro atoms. The average Bonchev–Trinajstić information content (AvgIpc) is 2.44. The molecule has 0 saturated heterocycles. The van der Waals surface area contributed by atoms with E-state index in [2.05, 4.69) is 5.32 Å². The molecule has 2 aromatic rings. The number of rotatable bonds is 5. The van der Waals surface area contributed by atoms with E-state index in [9.17, 15) is 4.79 Å². The molecule has 0 heterocycles. The first kappa shape index (κ1) is 14.9. The van der Waals surface area contributed by atoms with Gasteiger partial charge in [-0.05, 0) is 29.8 Å². The summed E-state index contributed by atoms with van der Waals surface area (Å²) in [5.41, 5.74) is 0. The number of halogens is 2. The Hall–Kier alpha value is -1.45. The highest BCUT2D eigenvalue weighted by atomic mass is 35.5. The lowest BCUT2D eigenvalue weighted by Gasteiger charge is -2.15. The summed E-state index contributed by atoms with van der Waals surface area (Å²) in [4.78, 5) is 10.3. The minimum absolute atomic E-state index is 0.172. The smallest absolute Gasteiger partial charge is 0.253 e. The van der Waals surface area contributed by atoms with Gasteiger partial charge in [-0.2, -0.15) is 0 Å². The van der Waals surface area contributed by atoms with Crippen molar-refractivity contribution >= 4 is 39.9 Å². The molecule has 0 aliphatic rings. The summed E-state index contributed by atoms with van der Waals surface area (Å²) >= 11 is 10.9. The van der Waals surface area contributed by atoms with Gasteiger partial charge in [0.25, 0.3) is 5.91 Å². The maximum absolute atomic E-state index is 11.3. The first-order chi connectivity index (χ1) is 9.56. The van der Waals surface area contributed by atoms with Crippen molar-refractivity contribution in [2.75, 3.05) is 6.61 Å². The number of ether oxygens (including phenoxy) is 1. The maximum Gasteiger partial charge on any atom is 0.253 e. The molecule has 0 aromatic heterocycles. The summed E-state index contributed by atoms with van der Waals surface area (Å²) in [5, 5.41) is 4.93. The molecule has 2 aromatic carbocycles. The number of carbonyl (C=O) groups excluding carboxylic acids is 1. The van der Waals surface area contributed by atoms with Gasteiger partial charge in [-0.3, -0.25) is 4.79 Å². The number of hydrogen-bond donors (Lipinski definition) is 1. The van der Waals surface area contributed by atoms with Crippen LogP contribution in [0.4, 0.5) is 0 Å². The van der Waals surface area contributed by atoms with Gasteiger partial charge in [0.05, 0.1) is 6.04 Å². The van der Waals surface area contributed by atoms with Gasteiger partial charge in [0.15, 0.2) is 4.84 Å². The minimum atomic E-state index is -1.06. The van der Waals surface area contributed by atoms with Gasteiger partial charge in [0.2, 0.25) is 0 Å². The Morgan fingerprint density at radius 2 is 1.90 bits per heavy atom. The molecule has 106 valence electrons. The Labute approximate surface area is 127 Å². The van der Waals surface area contributed by atoms with E-state index >= 15 is 0 Å². The van der Waals surface area contributed by atoms with Gasteiger partial charge < -0.3 is 10.1 Å². The van der Waals surface area contributed by atoms with E-state index in [1.54, 1.807) is 0 Å². The average molecular weight is 312 g/mol. The molecule has 1 amide bonds. The van der Waals surface area contributed by atoms with Crippen LogP contribution in [-0.4, -0.2) is 23.4 Å². The standard InChI is InChI=1S/C15H15Cl2NO2/c1-10(18-15(19)14(16)17)9-20-13-7-6-11-4-2-3-5-12(11)8-13/h2-8,10,14H,9H2,1H3,(H,18,19). The summed E-state index contributed by atoms with van der Waals surface area (Å²) in [6.45, 7) is 2.18. The Balaban J connectivity index is 1.93. The van der Waals surface area contributed by atoms with Crippen LogP contribution in [-0.2, 0) is 4.79 Å². The fraction of sp³-hybridized carbons (Fsp3) is 0.267. The largest absolute Gasteiger partial charge is 0.491 e. The van der Waals surface area contributed by atoms with Crippen LogP contribution in [0.15, 0.2) is 42.5 Å². The van der Waals surface area contributed by atoms with Gasteiger partial charge in [0.1, 0.15) is 12.4 Å². The zero-order chi connectivity index (χ0) is 14.5. The number of nitrogens with one attached hydrogen (secondary N) is 1. The van der Waals surface area contributed by atoms with Crippen LogP contribution in [0.2, 0.25) is 0 Å². The Bertz CT molecular complexity index is 601. The molecule has 0 saturated carbocycles. The Morgan fingerprint density at radius 1 is 1.20 bits per heavy atom. The summed E-state index contributed by atoms with van der Waals surface area (Å²) in [6.07, 6.45) is 0. The van der Waals surface area contributed by atoms with Crippen molar-refractivity contribution in [1.82, 2.24) is 5.32 Å². The van der Waals surface area contributed by atoms with E-state index in [1.807, 2.05) is 49.4 Å². The van der Waals surface area contributed by atoms with Crippen LogP contribution >= 0.6 is 23.2 Å². The molecule has 1 atom stereocenters. The van der Waals surface area contributed by atoms with E-state index in [4.69, 9.17) is 27.9 Å². The highest BCUT2D eigenvalue weighted by Crippen LogP contribution is 2.20. The van der Waals surface area contributed by atoms with Gasteiger partial charge in [0, 0.05) is 0 Å². The van der Waals surface area contributed by atoms with E-state index in [1.165, 1.54) is 0 Å². The highest BCUT2D eigenvalue weighted by molar-refractivity contribution is 6.53. The van der Waals surface area contributed by atoms with Crippen LogP contribution in [0, 0.1) is 0 Å². The predicted molar refractivity (Wildman–Crippen MR) is 82.5 cm³/mol. The second-order valence-electron chi connectivity index (χ2n) is 4.53. The van der Waals surface area contributed by atoms with Crippen molar-refractivity contribution < 1.29 is 9.53 Å². The molecular weight excluding hydrogens is 297 g/mol. The van der Waals surface area contributed by atoms with Gasteiger partial charge in [-0.1, -0.05) is 53.5 Å². The first-order valence-corrected chi connectivity index (χ1v) is 7.13. The quantitative estimate of drug-likeness (QED) is 0.858. The normalized spacial score (nSPS) is 12.4. The summed E-state index contributed by atoms with van der Waals surface area (Å²) in [6, 6.07) is 13.8. The molecule has 20 heavy (non-hydrogen) atoms.